The maximum Gasteiger partial charge on any atom is 0.346 e. The number of aromatic amines is 1. The molecule has 0 spiro atoms. The zero-order valence-corrected chi connectivity index (χ0v) is 14.8. The number of thioether (sulfide) groups is 1. The molecule has 3 rings (SSSR count). The molecule has 24 heavy (non-hydrogen) atoms. The molecule has 5 nitrogen and oxygen atoms in total. The average Bonchev–Trinajstić information content (AvgIpc) is 2.51. The zero-order chi connectivity index (χ0) is 17.1. The van der Waals surface area contributed by atoms with Crippen LogP contribution in [0.1, 0.15) is 35.2 Å². The molecule has 2 N–H and O–H groups in total. The summed E-state index contributed by atoms with van der Waals surface area (Å²) in [7, 11) is 0. The van der Waals surface area contributed by atoms with Gasteiger partial charge in [-0.1, -0.05) is 17.8 Å². The van der Waals surface area contributed by atoms with Crippen molar-refractivity contribution in [2.75, 3.05) is 11.1 Å². The Hall–Kier alpha value is -2.08. The number of nitrogens with zero attached hydrogens (tertiary/aromatic N) is 1. The molecular formula is C18H21N3O2S. The van der Waals surface area contributed by atoms with Crippen LogP contribution >= 0.6 is 11.8 Å². The molecule has 1 heterocycles. The molecule has 0 unspecified atom stereocenters. The van der Waals surface area contributed by atoms with Crippen LogP contribution in [0.4, 0.5) is 5.69 Å². The third kappa shape index (κ3) is 4.06. The average molecular weight is 343 g/mol. The van der Waals surface area contributed by atoms with Gasteiger partial charge >= 0.3 is 5.69 Å². The van der Waals surface area contributed by atoms with Crippen LogP contribution in [0.25, 0.3) is 0 Å². The van der Waals surface area contributed by atoms with E-state index < -0.39 is 0 Å². The molecule has 1 aromatic carbocycles. The third-order valence-electron chi connectivity index (χ3n) is 4.03. The molecule has 6 heteroatoms. The summed E-state index contributed by atoms with van der Waals surface area (Å²) in [6.45, 7) is 4.01. The van der Waals surface area contributed by atoms with Crippen molar-refractivity contribution >= 4 is 23.4 Å². The highest BCUT2D eigenvalue weighted by molar-refractivity contribution is 8.00. The summed E-state index contributed by atoms with van der Waals surface area (Å²) in [5.74, 6) is 0.159. The highest BCUT2D eigenvalue weighted by Gasteiger charge is 2.17. The summed E-state index contributed by atoms with van der Waals surface area (Å²) in [6, 6.07) is 5.96. The third-order valence-corrected chi connectivity index (χ3v) is 5.05. The van der Waals surface area contributed by atoms with Gasteiger partial charge in [0.2, 0.25) is 5.91 Å². The summed E-state index contributed by atoms with van der Waals surface area (Å²) in [5.41, 5.74) is 4.79. The molecule has 0 fully saturated rings. The van der Waals surface area contributed by atoms with E-state index in [1.807, 2.05) is 26.0 Å². The molecule has 1 aliphatic carbocycles. The smallest absolute Gasteiger partial charge is 0.325 e. The maximum atomic E-state index is 12.2. The number of aryl methyl sites for hydroxylation is 3. The van der Waals surface area contributed by atoms with Crippen molar-refractivity contribution in [3.05, 3.63) is 51.1 Å². The van der Waals surface area contributed by atoms with E-state index in [0.717, 1.165) is 53.8 Å². The Kier molecular flexibility index (Phi) is 5.04. The van der Waals surface area contributed by atoms with E-state index in [1.165, 1.54) is 11.8 Å². The number of fused-ring (bicyclic) bond motifs is 1. The first-order chi connectivity index (χ1) is 11.5. The number of amides is 1. The Labute approximate surface area is 145 Å². The fraction of sp³-hybridized carbons (Fsp3) is 0.389. The van der Waals surface area contributed by atoms with Crippen molar-refractivity contribution in [3.63, 3.8) is 0 Å². The lowest BCUT2D eigenvalue weighted by atomic mass is 9.98. The fourth-order valence-electron chi connectivity index (χ4n) is 3.09. The molecule has 0 saturated carbocycles. The zero-order valence-electron chi connectivity index (χ0n) is 13.9. The van der Waals surface area contributed by atoms with Crippen molar-refractivity contribution in [2.45, 2.75) is 44.6 Å². The molecule has 1 aliphatic rings. The van der Waals surface area contributed by atoms with Gasteiger partial charge < -0.3 is 10.3 Å². The van der Waals surface area contributed by atoms with Gasteiger partial charge in [0.05, 0.1) is 5.75 Å². The number of benzene rings is 1. The SMILES string of the molecule is Cc1cc(C)cc(NC(=O)CSc2nc(=O)[nH]c3c2CCCC3)c1. The summed E-state index contributed by atoms with van der Waals surface area (Å²) in [5, 5.41) is 3.61. The first-order valence-corrected chi connectivity index (χ1v) is 9.13. The van der Waals surface area contributed by atoms with Crippen molar-refractivity contribution in [2.24, 2.45) is 0 Å². The van der Waals surface area contributed by atoms with Crippen LogP contribution in [0.3, 0.4) is 0 Å². The monoisotopic (exact) mass is 343 g/mol. The lowest BCUT2D eigenvalue weighted by molar-refractivity contribution is -0.113. The van der Waals surface area contributed by atoms with Crippen LogP contribution in [0, 0.1) is 13.8 Å². The van der Waals surface area contributed by atoms with Gasteiger partial charge in [-0.15, -0.1) is 0 Å². The number of rotatable bonds is 4. The highest BCUT2D eigenvalue weighted by atomic mass is 32.2. The van der Waals surface area contributed by atoms with Gasteiger partial charge in [-0.3, -0.25) is 4.79 Å². The highest BCUT2D eigenvalue weighted by Crippen LogP contribution is 2.27. The minimum absolute atomic E-state index is 0.0864. The molecule has 2 aromatic rings. The van der Waals surface area contributed by atoms with Gasteiger partial charge in [-0.05, 0) is 62.8 Å². The minimum atomic E-state index is -0.326. The van der Waals surface area contributed by atoms with Crippen LogP contribution in [-0.4, -0.2) is 21.6 Å². The molecule has 126 valence electrons. The number of H-pyrrole nitrogens is 1. The first-order valence-electron chi connectivity index (χ1n) is 8.14. The second-order valence-corrected chi connectivity index (χ2v) is 7.19. The van der Waals surface area contributed by atoms with Crippen molar-refractivity contribution in [3.8, 4) is 0 Å². The van der Waals surface area contributed by atoms with Crippen molar-refractivity contribution in [1.82, 2.24) is 9.97 Å². The van der Waals surface area contributed by atoms with Crippen LogP contribution in [-0.2, 0) is 17.6 Å². The van der Waals surface area contributed by atoms with Gasteiger partial charge in [-0.2, -0.15) is 4.98 Å². The van der Waals surface area contributed by atoms with E-state index in [1.54, 1.807) is 0 Å². The molecule has 0 saturated heterocycles. The normalized spacial score (nSPS) is 13.4. The lowest BCUT2D eigenvalue weighted by Gasteiger charge is -2.17. The van der Waals surface area contributed by atoms with E-state index in [2.05, 4.69) is 21.4 Å². The molecule has 0 bridgehead atoms. The van der Waals surface area contributed by atoms with E-state index in [-0.39, 0.29) is 17.3 Å². The Balaban J connectivity index is 1.68. The number of aromatic nitrogens is 2. The quantitative estimate of drug-likeness (QED) is 0.661. The van der Waals surface area contributed by atoms with Crippen LogP contribution in [0.5, 0.6) is 0 Å². The number of hydrogen-bond donors (Lipinski definition) is 2. The second kappa shape index (κ2) is 7.21. The molecular weight excluding hydrogens is 322 g/mol. The molecule has 0 aliphatic heterocycles. The number of nitrogens with one attached hydrogen (secondary N) is 2. The Morgan fingerprint density at radius 3 is 2.67 bits per heavy atom. The van der Waals surface area contributed by atoms with E-state index in [4.69, 9.17) is 0 Å². The lowest BCUT2D eigenvalue weighted by Crippen LogP contribution is -2.21. The summed E-state index contributed by atoms with van der Waals surface area (Å²) >= 11 is 1.34. The Bertz CT molecular complexity index is 809. The largest absolute Gasteiger partial charge is 0.346 e. The number of anilines is 1. The van der Waals surface area contributed by atoms with E-state index in [0.29, 0.717) is 5.03 Å². The van der Waals surface area contributed by atoms with Gasteiger partial charge in [0.25, 0.3) is 0 Å². The Morgan fingerprint density at radius 1 is 1.21 bits per heavy atom. The van der Waals surface area contributed by atoms with Gasteiger partial charge in [0.1, 0.15) is 5.03 Å². The van der Waals surface area contributed by atoms with Gasteiger partial charge in [-0.25, -0.2) is 4.79 Å². The van der Waals surface area contributed by atoms with Crippen molar-refractivity contribution < 1.29 is 4.79 Å². The van der Waals surface area contributed by atoms with E-state index in [9.17, 15) is 9.59 Å². The summed E-state index contributed by atoms with van der Waals surface area (Å²) < 4.78 is 0. The molecule has 0 atom stereocenters. The van der Waals surface area contributed by atoms with Gasteiger partial charge in [0.15, 0.2) is 0 Å². The predicted molar refractivity (Wildman–Crippen MR) is 96.8 cm³/mol. The Morgan fingerprint density at radius 2 is 1.92 bits per heavy atom. The van der Waals surface area contributed by atoms with Gasteiger partial charge in [0, 0.05) is 16.9 Å². The number of hydrogen-bond acceptors (Lipinski definition) is 4. The standard InChI is InChI=1S/C18H21N3O2S/c1-11-7-12(2)9-13(8-11)19-16(22)10-24-17-14-5-3-4-6-15(14)20-18(23)21-17/h7-9H,3-6,10H2,1-2H3,(H,19,22)(H,20,21,23). The van der Waals surface area contributed by atoms with Crippen LogP contribution < -0.4 is 11.0 Å². The maximum absolute atomic E-state index is 12.2. The number of carbonyl (C=O) groups excluding carboxylic acids is 1. The van der Waals surface area contributed by atoms with Crippen molar-refractivity contribution in [1.29, 1.82) is 0 Å². The molecule has 0 radical (unpaired) electrons. The minimum Gasteiger partial charge on any atom is -0.325 e. The topological polar surface area (TPSA) is 74.8 Å². The molecule has 1 amide bonds. The van der Waals surface area contributed by atoms with E-state index >= 15 is 0 Å². The summed E-state index contributed by atoms with van der Waals surface area (Å²) in [4.78, 5) is 30.8. The number of carbonyl (C=O) groups is 1. The predicted octanol–water partition coefficient (Wildman–Crippen LogP) is 3.00. The molecule has 1 aromatic heterocycles. The second-order valence-electron chi connectivity index (χ2n) is 6.22. The van der Waals surface area contributed by atoms with Crippen LogP contribution in [0.15, 0.2) is 28.0 Å². The summed E-state index contributed by atoms with van der Waals surface area (Å²) in [6.07, 6.45) is 3.99. The first kappa shape index (κ1) is 16.8. The fourth-order valence-corrected chi connectivity index (χ4v) is 3.98. The van der Waals surface area contributed by atoms with Crippen LogP contribution in [0.2, 0.25) is 0 Å².